The van der Waals surface area contributed by atoms with E-state index in [1.807, 2.05) is 0 Å². The minimum absolute atomic E-state index is 0.758. The van der Waals surface area contributed by atoms with Crippen molar-refractivity contribution < 1.29 is 0 Å². The van der Waals surface area contributed by atoms with Crippen molar-refractivity contribution >= 4 is 12.6 Å². The lowest BCUT2D eigenvalue weighted by Crippen LogP contribution is -2.46. The Bertz CT molecular complexity index is 138. The zero-order chi connectivity index (χ0) is 9.14. The number of likely N-dealkylation sites (tertiary alicyclic amines) is 1. The van der Waals surface area contributed by atoms with Gasteiger partial charge in [-0.15, -0.1) is 0 Å². The summed E-state index contributed by atoms with van der Waals surface area (Å²) < 4.78 is 0. The van der Waals surface area contributed by atoms with Crippen molar-refractivity contribution in [1.29, 1.82) is 0 Å². The van der Waals surface area contributed by atoms with Crippen molar-refractivity contribution in [2.45, 2.75) is 33.2 Å². The molecule has 1 heterocycles. The van der Waals surface area contributed by atoms with E-state index in [2.05, 4.69) is 38.3 Å². The fourth-order valence-corrected chi connectivity index (χ4v) is 2.51. The van der Waals surface area contributed by atoms with Gasteiger partial charge in [0.05, 0.1) is 0 Å². The SMILES string of the molecule is CC1CC(C)C(C)N(CCS)C1. The third kappa shape index (κ3) is 2.40. The van der Waals surface area contributed by atoms with E-state index in [1.165, 1.54) is 13.0 Å². The third-order valence-electron chi connectivity index (χ3n) is 3.11. The fourth-order valence-electron chi connectivity index (χ4n) is 2.26. The summed E-state index contributed by atoms with van der Waals surface area (Å²) >= 11 is 4.29. The summed E-state index contributed by atoms with van der Waals surface area (Å²) in [5, 5.41) is 0. The highest BCUT2D eigenvalue weighted by Crippen LogP contribution is 2.26. The molecule has 1 aliphatic rings. The van der Waals surface area contributed by atoms with Gasteiger partial charge in [0, 0.05) is 24.9 Å². The Kier molecular flexibility index (Phi) is 3.91. The van der Waals surface area contributed by atoms with Crippen LogP contribution in [0.5, 0.6) is 0 Å². The summed E-state index contributed by atoms with van der Waals surface area (Å²) in [7, 11) is 0. The summed E-state index contributed by atoms with van der Waals surface area (Å²) in [4.78, 5) is 2.58. The van der Waals surface area contributed by atoms with E-state index in [0.717, 1.165) is 30.2 Å². The second-order valence-electron chi connectivity index (χ2n) is 4.28. The Hall–Kier alpha value is 0.310. The largest absolute Gasteiger partial charge is 0.299 e. The molecule has 0 aromatic carbocycles. The van der Waals surface area contributed by atoms with Crippen molar-refractivity contribution in [3.8, 4) is 0 Å². The molecule has 1 nitrogen and oxygen atoms in total. The van der Waals surface area contributed by atoms with Gasteiger partial charge in [0.2, 0.25) is 0 Å². The lowest BCUT2D eigenvalue weighted by atomic mass is 9.86. The maximum absolute atomic E-state index is 4.29. The first-order valence-electron chi connectivity index (χ1n) is 5.00. The van der Waals surface area contributed by atoms with Crippen molar-refractivity contribution in [3.63, 3.8) is 0 Å². The summed E-state index contributed by atoms with van der Waals surface area (Å²) in [5.41, 5.74) is 0. The number of hydrogen-bond acceptors (Lipinski definition) is 2. The minimum Gasteiger partial charge on any atom is -0.299 e. The molecule has 0 bridgehead atoms. The van der Waals surface area contributed by atoms with Crippen molar-refractivity contribution in [1.82, 2.24) is 4.90 Å². The topological polar surface area (TPSA) is 3.24 Å². The molecule has 1 saturated heterocycles. The number of hydrogen-bond donors (Lipinski definition) is 1. The van der Waals surface area contributed by atoms with Crippen LogP contribution in [0.15, 0.2) is 0 Å². The first-order valence-corrected chi connectivity index (χ1v) is 5.63. The van der Waals surface area contributed by atoms with Crippen LogP contribution in [0.25, 0.3) is 0 Å². The number of nitrogens with zero attached hydrogens (tertiary/aromatic N) is 1. The van der Waals surface area contributed by atoms with Gasteiger partial charge in [-0.05, 0) is 25.2 Å². The van der Waals surface area contributed by atoms with E-state index in [1.54, 1.807) is 0 Å². The van der Waals surface area contributed by atoms with E-state index in [0.29, 0.717) is 0 Å². The normalized spacial score (nSPS) is 38.5. The molecule has 0 amide bonds. The van der Waals surface area contributed by atoms with E-state index in [9.17, 15) is 0 Å². The van der Waals surface area contributed by atoms with Gasteiger partial charge in [-0.2, -0.15) is 12.6 Å². The number of rotatable bonds is 2. The maximum atomic E-state index is 4.29. The lowest BCUT2D eigenvalue weighted by molar-refractivity contribution is 0.0865. The minimum atomic E-state index is 0.758. The van der Waals surface area contributed by atoms with Crippen molar-refractivity contribution in [2.75, 3.05) is 18.8 Å². The van der Waals surface area contributed by atoms with Gasteiger partial charge in [-0.3, -0.25) is 4.90 Å². The summed E-state index contributed by atoms with van der Waals surface area (Å²) in [6.07, 6.45) is 1.39. The van der Waals surface area contributed by atoms with Crippen LogP contribution in [-0.2, 0) is 0 Å². The van der Waals surface area contributed by atoms with E-state index >= 15 is 0 Å². The summed E-state index contributed by atoms with van der Waals surface area (Å²) in [6.45, 7) is 9.49. The van der Waals surface area contributed by atoms with Gasteiger partial charge in [0.1, 0.15) is 0 Å². The van der Waals surface area contributed by atoms with Crippen molar-refractivity contribution in [3.05, 3.63) is 0 Å². The molecule has 1 fully saturated rings. The molecule has 0 spiro atoms. The van der Waals surface area contributed by atoms with Crippen LogP contribution in [0.4, 0.5) is 0 Å². The predicted molar refractivity (Wildman–Crippen MR) is 57.8 cm³/mol. The molecule has 0 N–H and O–H groups in total. The Balaban J connectivity index is 2.47. The zero-order valence-corrected chi connectivity index (χ0v) is 9.35. The molecule has 12 heavy (non-hydrogen) atoms. The van der Waals surface area contributed by atoms with Crippen LogP contribution < -0.4 is 0 Å². The van der Waals surface area contributed by atoms with Crippen molar-refractivity contribution in [2.24, 2.45) is 11.8 Å². The maximum Gasteiger partial charge on any atom is 0.00931 e. The molecular formula is C10H21NS. The van der Waals surface area contributed by atoms with E-state index < -0.39 is 0 Å². The molecule has 0 saturated carbocycles. The highest BCUT2D eigenvalue weighted by molar-refractivity contribution is 7.80. The fraction of sp³-hybridized carbons (Fsp3) is 1.00. The molecule has 0 aromatic heterocycles. The first kappa shape index (κ1) is 10.4. The third-order valence-corrected chi connectivity index (χ3v) is 3.31. The Morgan fingerprint density at radius 2 is 2.00 bits per heavy atom. The highest BCUT2D eigenvalue weighted by atomic mass is 32.1. The average Bonchev–Trinajstić information content (AvgIpc) is 2.00. The monoisotopic (exact) mass is 187 g/mol. The summed E-state index contributed by atoms with van der Waals surface area (Å²) in [5.74, 6) is 2.72. The molecule has 0 aromatic rings. The van der Waals surface area contributed by atoms with Gasteiger partial charge < -0.3 is 0 Å². The molecule has 2 heteroatoms. The average molecular weight is 187 g/mol. The van der Waals surface area contributed by atoms with Crippen LogP contribution in [0.1, 0.15) is 27.2 Å². The smallest absolute Gasteiger partial charge is 0.00931 e. The molecule has 1 rings (SSSR count). The van der Waals surface area contributed by atoms with Crippen LogP contribution >= 0.6 is 12.6 Å². The molecule has 0 aliphatic carbocycles. The van der Waals surface area contributed by atoms with E-state index in [-0.39, 0.29) is 0 Å². The van der Waals surface area contributed by atoms with Gasteiger partial charge in [-0.1, -0.05) is 13.8 Å². The summed E-state index contributed by atoms with van der Waals surface area (Å²) in [6, 6.07) is 0.758. The second-order valence-corrected chi connectivity index (χ2v) is 4.72. The highest BCUT2D eigenvalue weighted by Gasteiger charge is 2.27. The molecule has 3 unspecified atom stereocenters. The number of thiol groups is 1. The molecule has 72 valence electrons. The van der Waals surface area contributed by atoms with Gasteiger partial charge >= 0.3 is 0 Å². The van der Waals surface area contributed by atoms with Crippen LogP contribution in [0, 0.1) is 11.8 Å². The second kappa shape index (κ2) is 4.52. The Morgan fingerprint density at radius 1 is 1.33 bits per heavy atom. The van der Waals surface area contributed by atoms with Crippen LogP contribution in [-0.4, -0.2) is 29.8 Å². The van der Waals surface area contributed by atoms with Gasteiger partial charge in [-0.25, -0.2) is 0 Å². The van der Waals surface area contributed by atoms with E-state index in [4.69, 9.17) is 0 Å². The molecule has 1 aliphatic heterocycles. The molecule has 0 radical (unpaired) electrons. The zero-order valence-electron chi connectivity index (χ0n) is 8.45. The molecular weight excluding hydrogens is 166 g/mol. The van der Waals surface area contributed by atoms with Gasteiger partial charge in [0.15, 0.2) is 0 Å². The molecule has 3 atom stereocenters. The quantitative estimate of drug-likeness (QED) is 0.649. The number of piperidine rings is 1. The first-order chi connectivity index (χ1) is 5.65. The van der Waals surface area contributed by atoms with Gasteiger partial charge in [0.25, 0.3) is 0 Å². The Morgan fingerprint density at radius 3 is 2.58 bits per heavy atom. The van der Waals surface area contributed by atoms with Crippen LogP contribution in [0.2, 0.25) is 0 Å². The Labute approximate surface area is 81.9 Å². The lowest BCUT2D eigenvalue weighted by Gasteiger charge is -2.40. The van der Waals surface area contributed by atoms with Crippen LogP contribution in [0.3, 0.4) is 0 Å². The predicted octanol–water partition coefficient (Wildman–Crippen LogP) is 2.28. The standard InChI is InChI=1S/C10H21NS/c1-8-6-9(2)10(3)11(7-8)4-5-12/h8-10,12H,4-7H2,1-3H3.